The van der Waals surface area contributed by atoms with Gasteiger partial charge in [-0.2, -0.15) is 0 Å². The van der Waals surface area contributed by atoms with Crippen LogP contribution in [0.5, 0.6) is 0 Å². The van der Waals surface area contributed by atoms with Crippen molar-refractivity contribution in [2.45, 2.75) is 32.1 Å². The molecule has 3 amide bonds. The van der Waals surface area contributed by atoms with Gasteiger partial charge in [-0.15, -0.1) is 0 Å². The van der Waals surface area contributed by atoms with Crippen LogP contribution in [0.15, 0.2) is 71.2 Å². The van der Waals surface area contributed by atoms with E-state index in [2.05, 4.69) is 33.4 Å². The van der Waals surface area contributed by atoms with Crippen molar-refractivity contribution >= 4 is 62.6 Å². The molecule has 1 saturated carbocycles. The van der Waals surface area contributed by atoms with Gasteiger partial charge in [0.1, 0.15) is 0 Å². The molecule has 1 heterocycles. The molecule has 0 spiro atoms. The Kier molecular flexibility index (Phi) is 7.86. The fourth-order valence-corrected chi connectivity index (χ4v) is 6.02. The molecule has 2 aliphatic rings. The molecular weight excluding hydrogens is 584 g/mol. The standard InChI is InChI=1S/C30H26BrClN2O5/c1-17-25(13-12-24(31)27(17)32)33-26(35)16-39-30(38)20-8-5-9-21(14-20)34-28(36)22-11-10-19(15-23(22)29(34)37)18-6-3-2-4-7-18/h2-9,12-14,19,22-23H,10-11,15-16H2,1H3,(H,33,35)/t19-,22-,23-/m1/s1. The van der Waals surface area contributed by atoms with Gasteiger partial charge < -0.3 is 10.1 Å². The minimum Gasteiger partial charge on any atom is -0.452 e. The number of hydrogen-bond donors (Lipinski definition) is 1. The van der Waals surface area contributed by atoms with Crippen LogP contribution >= 0.6 is 27.5 Å². The molecule has 3 aromatic rings. The zero-order chi connectivity index (χ0) is 27.7. The van der Waals surface area contributed by atoms with Crippen molar-refractivity contribution in [2.75, 3.05) is 16.8 Å². The van der Waals surface area contributed by atoms with Crippen molar-refractivity contribution in [3.05, 3.63) is 92.9 Å². The van der Waals surface area contributed by atoms with Gasteiger partial charge in [0, 0.05) is 10.2 Å². The Morgan fingerprint density at radius 2 is 1.74 bits per heavy atom. The number of hydrogen-bond acceptors (Lipinski definition) is 5. The fraction of sp³-hybridized carbons (Fsp3) is 0.267. The van der Waals surface area contributed by atoms with Gasteiger partial charge >= 0.3 is 5.97 Å². The molecule has 3 atom stereocenters. The number of ether oxygens (including phenoxy) is 1. The quantitative estimate of drug-likeness (QED) is 0.262. The number of fused-ring (bicyclic) bond motifs is 1. The van der Waals surface area contributed by atoms with E-state index in [1.807, 2.05) is 18.2 Å². The maximum absolute atomic E-state index is 13.4. The van der Waals surface area contributed by atoms with Crippen LogP contribution in [0, 0.1) is 18.8 Å². The van der Waals surface area contributed by atoms with E-state index in [4.69, 9.17) is 16.3 Å². The maximum atomic E-state index is 13.4. The molecule has 39 heavy (non-hydrogen) atoms. The largest absolute Gasteiger partial charge is 0.452 e. The molecule has 1 aliphatic carbocycles. The van der Waals surface area contributed by atoms with Gasteiger partial charge in [-0.3, -0.25) is 19.3 Å². The van der Waals surface area contributed by atoms with Crippen LogP contribution in [0.4, 0.5) is 11.4 Å². The molecule has 5 rings (SSSR count). The average Bonchev–Trinajstić information content (AvgIpc) is 3.21. The van der Waals surface area contributed by atoms with Crippen molar-refractivity contribution in [3.8, 4) is 0 Å². The number of benzene rings is 3. The van der Waals surface area contributed by atoms with Crippen LogP contribution in [0.3, 0.4) is 0 Å². The predicted octanol–water partition coefficient (Wildman–Crippen LogP) is 6.28. The summed E-state index contributed by atoms with van der Waals surface area (Å²) in [5, 5.41) is 3.15. The summed E-state index contributed by atoms with van der Waals surface area (Å²) < 4.78 is 5.91. The molecule has 3 aromatic carbocycles. The second-order valence-corrected chi connectivity index (χ2v) is 11.1. The Labute approximate surface area is 239 Å². The van der Waals surface area contributed by atoms with Crippen LogP contribution in [0.25, 0.3) is 0 Å². The number of carbonyl (C=O) groups excluding carboxylic acids is 4. The zero-order valence-corrected chi connectivity index (χ0v) is 23.5. The van der Waals surface area contributed by atoms with Crippen molar-refractivity contribution in [3.63, 3.8) is 0 Å². The summed E-state index contributed by atoms with van der Waals surface area (Å²) in [6.45, 7) is 1.25. The van der Waals surface area contributed by atoms with Gasteiger partial charge in [0.15, 0.2) is 6.61 Å². The lowest BCUT2D eigenvalue weighted by Gasteiger charge is -2.28. The Morgan fingerprint density at radius 1 is 1.00 bits per heavy atom. The van der Waals surface area contributed by atoms with E-state index >= 15 is 0 Å². The van der Waals surface area contributed by atoms with Crippen LogP contribution in [-0.2, 0) is 19.1 Å². The smallest absolute Gasteiger partial charge is 0.338 e. The molecule has 0 radical (unpaired) electrons. The number of halogens is 2. The highest BCUT2D eigenvalue weighted by Crippen LogP contribution is 2.45. The molecule has 200 valence electrons. The molecule has 0 bridgehead atoms. The third-order valence-electron chi connectivity index (χ3n) is 7.48. The number of anilines is 2. The van der Waals surface area contributed by atoms with Gasteiger partial charge in [0.05, 0.1) is 28.1 Å². The second kappa shape index (κ2) is 11.3. The van der Waals surface area contributed by atoms with Gasteiger partial charge in [0.25, 0.3) is 5.91 Å². The van der Waals surface area contributed by atoms with Gasteiger partial charge in [-0.05, 0) is 89.5 Å². The molecule has 9 heteroatoms. The molecule has 0 aromatic heterocycles. The molecule has 1 aliphatic heterocycles. The van der Waals surface area contributed by atoms with E-state index in [-0.39, 0.29) is 35.1 Å². The van der Waals surface area contributed by atoms with Gasteiger partial charge in [-0.25, -0.2) is 4.79 Å². The SMILES string of the molecule is Cc1c(NC(=O)COC(=O)c2cccc(N3C(=O)[C@@H]4CC[C@@H](c5ccccc5)C[C@H]4C3=O)c2)ccc(Br)c1Cl. The highest BCUT2D eigenvalue weighted by atomic mass is 79.9. The monoisotopic (exact) mass is 608 g/mol. The number of nitrogens with one attached hydrogen (secondary N) is 1. The van der Waals surface area contributed by atoms with Crippen LogP contribution < -0.4 is 10.2 Å². The van der Waals surface area contributed by atoms with Crippen LogP contribution in [-0.4, -0.2) is 30.3 Å². The Bertz CT molecular complexity index is 1460. The minimum atomic E-state index is -0.738. The molecule has 0 unspecified atom stereocenters. The molecule has 2 fully saturated rings. The van der Waals surface area contributed by atoms with E-state index in [1.165, 1.54) is 22.6 Å². The van der Waals surface area contributed by atoms with E-state index < -0.39 is 18.5 Å². The summed E-state index contributed by atoms with van der Waals surface area (Å²) in [6.07, 6.45) is 2.11. The number of carbonyl (C=O) groups is 4. The topological polar surface area (TPSA) is 92.8 Å². The normalized spacial score (nSPS) is 20.5. The first-order valence-corrected chi connectivity index (χ1v) is 13.9. The number of imide groups is 1. The predicted molar refractivity (Wildman–Crippen MR) is 152 cm³/mol. The van der Waals surface area contributed by atoms with Gasteiger partial charge in [-0.1, -0.05) is 48.0 Å². The molecular formula is C30H26BrClN2O5. The summed E-state index contributed by atoms with van der Waals surface area (Å²) >= 11 is 9.53. The average molecular weight is 610 g/mol. The Balaban J connectivity index is 1.24. The molecule has 7 nitrogen and oxygen atoms in total. The van der Waals surface area contributed by atoms with E-state index in [1.54, 1.807) is 31.2 Å². The van der Waals surface area contributed by atoms with Crippen molar-refractivity contribution in [1.29, 1.82) is 0 Å². The third-order valence-corrected chi connectivity index (χ3v) is 8.86. The highest BCUT2D eigenvalue weighted by molar-refractivity contribution is 9.10. The fourth-order valence-electron chi connectivity index (χ4n) is 5.42. The first-order chi connectivity index (χ1) is 18.7. The van der Waals surface area contributed by atoms with Gasteiger partial charge in [0.2, 0.25) is 11.8 Å². The molecule has 1 saturated heterocycles. The highest BCUT2D eigenvalue weighted by Gasteiger charge is 2.50. The lowest BCUT2D eigenvalue weighted by Crippen LogP contribution is -2.31. The number of amides is 3. The maximum Gasteiger partial charge on any atom is 0.338 e. The number of esters is 1. The van der Waals surface area contributed by atoms with Crippen LogP contribution in [0.1, 0.15) is 46.7 Å². The van der Waals surface area contributed by atoms with Crippen molar-refractivity contribution in [2.24, 2.45) is 11.8 Å². The lowest BCUT2D eigenvalue weighted by molar-refractivity contribution is -0.122. The number of rotatable bonds is 6. The first kappa shape index (κ1) is 27.1. The lowest BCUT2D eigenvalue weighted by atomic mass is 9.73. The summed E-state index contributed by atoms with van der Waals surface area (Å²) in [4.78, 5) is 53.0. The Morgan fingerprint density at radius 3 is 2.51 bits per heavy atom. The zero-order valence-electron chi connectivity index (χ0n) is 21.2. The summed E-state index contributed by atoms with van der Waals surface area (Å²) in [5.74, 6) is -2.24. The van der Waals surface area contributed by atoms with E-state index in [9.17, 15) is 19.2 Å². The molecule has 1 N–H and O–H groups in total. The first-order valence-electron chi connectivity index (χ1n) is 12.7. The van der Waals surface area contributed by atoms with Crippen LogP contribution in [0.2, 0.25) is 5.02 Å². The second-order valence-electron chi connectivity index (χ2n) is 9.85. The summed E-state index contributed by atoms with van der Waals surface area (Å²) in [6, 6.07) is 19.7. The summed E-state index contributed by atoms with van der Waals surface area (Å²) in [5.41, 5.74) is 2.83. The van der Waals surface area contributed by atoms with E-state index in [0.29, 0.717) is 39.3 Å². The minimum absolute atomic E-state index is 0.140. The summed E-state index contributed by atoms with van der Waals surface area (Å²) in [7, 11) is 0. The number of nitrogens with zero attached hydrogens (tertiary/aromatic N) is 1. The third kappa shape index (κ3) is 5.49. The van der Waals surface area contributed by atoms with Crippen molar-refractivity contribution in [1.82, 2.24) is 0 Å². The van der Waals surface area contributed by atoms with Crippen molar-refractivity contribution < 1.29 is 23.9 Å². The van der Waals surface area contributed by atoms with E-state index in [0.717, 1.165) is 6.42 Å². The Hall–Kier alpha value is -3.49.